The van der Waals surface area contributed by atoms with Gasteiger partial charge in [0.15, 0.2) is 5.71 Å². The molecule has 0 amide bonds. The van der Waals surface area contributed by atoms with E-state index in [1.165, 1.54) is 55.5 Å². The number of carbonyl (C=O) groups is 2. The minimum Gasteiger partial charge on any atom is -0.481 e. The van der Waals surface area contributed by atoms with Gasteiger partial charge in [-0.1, -0.05) is 93.1 Å². The lowest BCUT2D eigenvalue weighted by molar-refractivity contribution is -0.438. The van der Waals surface area contributed by atoms with Gasteiger partial charge in [-0.2, -0.15) is 4.58 Å². The Kier molecular flexibility index (Phi) is 10.6. The number of rotatable bonds is 15. The summed E-state index contributed by atoms with van der Waals surface area (Å²) >= 11 is 0. The lowest BCUT2D eigenvalue weighted by atomic mass is 9.79. The number of allylic oxidation sites excluding steroid dienone is 6. The van der Waals surface area contributed by atoms with Crippen molar-refractivity contribution in [3.63, 3.8) is 0 Å². The van der Waals surface area contributed by atoms with E-state index in [2.05, 4.69) is 140 Å². The Morgan fingerprint density at radius 3 is 1.94 bits per heavy atom. The minimum atomic E-state index is -0.733. The van der Waals surface area contributed by atoms with Gasteiger partial charge in [-0.25, -0.2) is 0 Å². The van der Waals surface area contributed by atoms with Crippen molar-refractivity contribution in [3.05, 3.63) is 120 Å². The number of fused-ring (bicyclic) bond motifs is 6. The topological polar surface area (TPSA) is 80.9 Å². The van der Waals surface area contributed by atoms with Gasteiger partial charge in [0.05, 0.1) is 5.41 Å². The van der Waals surface area contributed by atoms with Crippen LogP contribution in [-0.4, -0.2) is 45.5 Å². The standard InChI is InChI=1S/C45H50N2O4/c1-44(2)38(46(30-16-6-10-24-40(48)49)36-28-26-32-18-12-14-20-34(32)42(36)44)22-8-5-9-23-39-45(3,4)43-35-21-15-13-19-33(35)27-29-37(43)47(39)31-17-7-11-25-41(50)51/h5,8-9,12-15,18-23,26-29H,6-7,10-11,16-17,24-25,30-31H2,1-4H3,(H-,48,49,50,51)/p+1. The van der Waals surface area contributed by atoms with Crippen molar-refractivity contribution in [3.8, 4) is 0 Å². The van der Waals surface area contributed by atoms with E-state index in [0.717, 1.165) is 38.8 Å². The smallest absolute Gasteiger partial charge is 0.303 e. The van der Waals surface area contributed by atoms with Crippen LogP contribution < -0.4 is 4.90 Å². The monoisotopic (exact) mass is 683 g/mol. The molecule has 6 rings (SSSR count). The molecular formula is C45H51N2O4+. The molecule has 4 aromatic carbocycles. The molecule has 0 aromatic heterocycles. The molecule has 0 fully saturated rings. The molecule has 0 aliphatic carbocycles. The van der Waals surface area contributed by atoms with Crippen LogP contribution in [0.3, 0.4) is 0 Å². The van der Waals surface area contributed by atoms with Crippen molar-refractivity contribution in [2.75, 3.05) is 18.0 Å². The number of carboxylic acids is 2. The molecule has 0 saturated heterocycles. The summed E-state index contributed by atoms with van der Waals surface area (Å²) in [6, 6.07) is 26.1. The zero-order chi connectivity index (χ0) is 36.2. The van der Waals surface area contributed by atoms with Crippen LogP contribution in [0.5, 0.6) is 0 Å². The van der Waals surface area contributed by atoms with Crippen molar-refractivity contribution in [1.82, 2.24) is 0 Å². The largest absolute Gasteiger partial charge is 0.481 e. The van der Waals surface area contributed by atoms with Crippen LogP contribution in [0.1, 0.15) is 90.2 Å². The van der Waals surface area contributed by atoms with Crippen LogP contribution in [0.15, 0.2) is 109 Å². The van der Waals surface area contributed by atoms with E-state index >= 15 is 0 Å². The molecule has 6 nitrogen and oxygen atoms in total. The zero-order valence-electron chi connectivity index (χ0n) is 30.5. The second-order valence-corrected chi connectivity index (χ2v) is 15.0. The third kappa shape index (κ3) is 7.28. The Balaban J connectivity index is 1.30. The summed E-state index contributed by atoms with van der Waals surface area (Å²) in [6.07, 6.45) is 16.3. The molecule has 0 unspecified atom stereocenters. The number of anilines is 1. The van der Waals surface area contributed by atoms with Crippen LogP contribution in [0, 0.1) is 0 Å². The van der Waals surface area contributed by atoms with Crippen molar-refractivity contribution in [2.24, 2.45) is 0 Å². The van der Waals surface area contributed by atoms with E-state index in [9.17, 15) is 9.59 Å². The summed E-state index contributed by atoms with van der Waals surface area (Å²) in [5.41, 5.74) is 7.21. The van der Waals surface area contributed by atoms with Gasteiger partial charge in [0, 0.05) is 60.3 Å². The number of hydrogen-bond donors (Lipinski definition) is 2. The highest BCUT2D eigenvalue weighted by Crippen LogP contribution is 2.51. The van der Waals surface area contributed by atoms with Gasteiger partial charge < -0.3 is 15.1 Å². The fourth-order valence-electron chi connectivity index (χ4n) is 8.36. The quantitative estimate of drug-likeness (QED) is 0.0741. The molecule has 0 radical (unpaired) electrons. The van der Waals surface area contributed by atoms with Crippen LogP contribution in [0.25, 0.3) is 21.5 Å². The maximum atomic E-state index is 11.1. The number of aliphatic carboxylic acids is 2. The van der Waals surface area contributed by atoms with Gasteiger partial charge >= 0.3 is 11.9 Å². The Morgan fingerprint density at radius 2 is 1.27 bits per heavy atom. The van der Waals surface area contributed by atoms with E-state index in [-0.39, 0.29) is 23.7 Å². The number of unbranched alkanes of at least 4 members (excludes halogenated alkanes) is 4. The van der Waals surface area contributed by atoms with Crippen molar-refractivity contribution < 1.29 is 24.4 Å². The molecule has 4 aromatic rings. The Labute approximate surface area is 302 Å². The van der Waals surface area contributed by atoms with Crippen LogP contribution in [0.4, 0.5) is 11.4 Å². The number of carboxylic acid groups (broad SMARTS) is 2. The Morgan fingerprint density at radius 1 is 0.667 bits per heavy atom. The number of hydrogen-bond acceptors (Lipinski definition) is 3. The van der Waals surface area contributed by atoms with E-state index in [4.69, 9.17) is 10.2 Å². The first-order valence-electron chi connectivity index (χ1n) is 18.5. The van der Waals surface area contributed by atoms with E-state index < -0.39 is 11.9 Å². The van der Waals surface area contributed by atoms with Crippen molar-refractivity contribution in [1.29, 1.82) is 0 Å². The number of nitrogens with zero attached hydrogens (tertiary/aromatic N) is 2. The van der Waals surface area contributed by atoms with E-state index in [1.807, 2.05) is 0 Å². The van der Waals surface area contributed by atoms with Crippen LogP contribution >= 0.6 is 0 Å². The molecule has 6 heteroatoms. The summed E-state index contributed by atoms with van der Waals surface area (Å²) in [5, 5.41) is 23.3. The van der Waals surface area contributed by atoms with Gasteiger partial charge in [0.2, 0.25) is 5.69 Å². The van der Waals surface area contributed by atoms with Crippen molar-refractivity contribution >= 4 is 50.6 Å². The molecule has 0 saturated carbocycles. The lowest BCUT2D eigenvalue weighted by Gasteiger charge is -2.27. The third-order valence-corrected chi connectivity index (χ3v) is 10.8. The van der Waals surface area contributed by atoms with Crippen LogP contribution in [0.2, 0.25) is 0 Å². The van der Waals surface area contributed by atoms with Crippen LogP contribution in [-0.2, 0) is 20.4 Å². The molecule has 2 heterocycles. The predicted molar refractivity (Wildman–Crippen MR) is 210 cm³/mol. The number of benzene rings is 4. The molecule has 0 spiro atoms. The van der Waals surface area contributed by atoms with Gasteiger partial charge in [-0.15, -0.1) is 0 Å². The average molecular weight is 684 g/mol. The van der Waals surface area contributed by atoms with E-state index in [0.29, 0.717) is 12.8 Å². The molecule has 0 atom stereocenters. The second-order valence-electron chi connectivity index (χ2n) is 15.0. The summed E-state index contributed by atoms with van der Waals surface area (Å²) in [4.78, 5) is 24.6. The van der Waals surface area contributed by atoms with Gasteiger partial charge in [-0.3, -0.25) is 9.59 Å². The third-order valence-electron chi connectivity index (χ3n) is 10.8. The highest BCUT2D eigenvalue weighted by molar-refractivity contribution is 6.07. The molecule has 0 bridgehead atoms. The first-order chi connectivity index (χ1) is 24.5. The van der Waals surface area contributed by atoms with Gasteiger partial charge in [0.1, 0.15) is 6.54 Å². The zero-order valence-corrected chi connectivity index (χ0v) is 30.5. The molecule has 51 heavy (non-hydrogen) atoms. The summed E-state index contributed by atoms with van der Waals surface area (Å²) in [5.74, 6) is -1.47. The first kappa shape index (κ1) is 35.8. The Bertz CT molecular complexity index is 2080. The molecule has 2 aliphatic heterocycles. The highest BCUT2D eigenvalue weighted by atomic mass is 16.4. The normalized spacial score (nSPS) is 17.0. The highest BCUT2D eigenvalue weighted by Gasteiger charge is 2.45. The molecule has 264 valence electrons. The average Bonchev–Trinajstić information content (AvgIpc) is 3.46. The predicted octanol–water partition coefficient (Wildman–Crippen LogP) is 10.5. The lowest BCUT2D eigenvalue weighted by Crippen LogP contribution is -2.28. The fourth-order valence-corrected chi connectivity index (χ4v) is 8.36. The summed E-state index contributed by atoms with van der Waals surface area (Å²) in [6.45, 7) is 10.9. The minimum absolute atomic E-state index is 0.212. The Hall–Kier alpha value is -4.97. The maximum absolute atomic E-state index is 11.1. The fraction of sp³-hybridized carbons (Fsp3) is 0.356. The van der Waals surface area contributed by atoms with E-state index in [1.54, 1.807) is 0 Å². The SMILES string of the molecule is CC1(C)C(/C=C/C=C/C=C2/N(CCCCCC(=O)O)c3ccc4ccccc4c3C2(C)C)=[N+](CCCCCC(=O)O)c2ccc3ccccc3c21. The summed E-state index contributed by atoms with van der Waals surface area (Å²) in [7, 11) is 0. The molecule has 2 aliphatic rings. The molecule has 2 N–H and O–H groups in total. The molecular weight excluding hydrogens is 633 g/mol. The maximum Gasteiger partial charge on any atom is 0.303 e. The van der Waals surface area contributed by atoms with Gasteiger partial charge in [-0.05, 0) is 84.8 Å². The van der Waals surface area contributed by atoms with Gasteiger partial charge in [0.25, 0.3) is 0 Å². The van der Waals surface area contributed by atoms with Crippen molar-refractivity contribution in [2.45, 2.75) is 89.9 Å². The second kappa shape index (κ2) is 15.1. The first-order valence-corrected chi connectivity index (χ1v) is 18.5. The summed E-state index contributed by atoms with van der Waals surface area (Å²) < 4.78 is 2.44.